The molecule has 1 amide bonds. The number of carbonyl (C=O) groups excluding carboxylic acids is 1. The monoisotopic (exact) mass is 256 g/mol. The lowest BCUT2D eigenvalue weighted by Crippen LogP contribution is -2.27. The van der Waals surface area contributed by atoms with Crippen molar-refractivity contribution in [1.82, 2.24) is 5.32 Å². The van der Waals surface area contributed by atoms with Crippen molar-refractivity contribution < 1.29 is 4.79 Å². The fraction of sp³-hybridized carbons (Fsp3) is 0.933. The number of amides is 1. The molecule has 108 valence electrons. The molecule has 18 heavy (non-hydrogen) atoms. The average Bonchev–Trinajstić information content (AvgIpc) is 2.36. The van der Waals surface area contributed by atoms with Crippen molar-refractivity contribution in [2.24, 2.45) is 11.7 Å². The van der Waals surface area contributed by atoms with Crippen molar-refractivity contribution in [2.45, 2.75) is 71.6 Å². The third-order valence-electron chi connectivity index (χ3n) is 3.29. The maximum atomic E-state index is 11.5. The molecule has 3 nitrogen and oxygen atoms in total. The van der Waals surface area contributed by atoms with Crippen LogP contribution in [0.1, 0.15) is 71.6 Å². The molecule has 0 aromatic carbocycles. The highest BCUT2D eigenvalue weighted by Crippen LogP contribution is 2.08. The van der Waals surface area contributed by atoms with Crippen LogP contribution in [0.15, 0.2) is 0 Å². The number of carbonyl (C=O) groups is 1. The number of nitrogens with two attached hydrogens (primary N) is 1. The molecule has 3 heteroatoms. The van der Waals surface area contributed by atoms with Crippen molar-refractivity contribution in [3.05, 3.63) is 0 Å². The number of unbranched alkanes of at least 4 members (excludes halogenated alkanes) is 7. The van der Waals surface area contributed by atoms with Gasteiger partial charge in [-0.05, 0) is 18.9 Å². The van der Waals surface area contributed by atoms with E-state index in [9.17, 15) is 4.79 Å². The Bertz CT molecular complexity index is 195. The zero-order chi connectivity index (χ0) is 13.6. The molecule has 1 atom stereocenters. The largest absolute Gasteiger partial charge is 0.356 e. The predicted octanol–water partition coefficient (Wildman–Crippen LogP) is 3.23. The van der Waals surface area contributed by atoms with Crippen LogP contribution in [0.5, 0.6) is 0 Å². The second-order valence-corrected chi connectivity index (χ2v) is 5.37. The first-order valence-electron chi connectivity index (χ1n) is 7.67. The Morgan fingerprint density at radius 1 is 1.06 bits per heavy atom. The Morgan fingerprint density at radius 3 is 2.17 bits per heavy atom. The topological polar surface area (TPSA) is 55.1 Å². The lowest BCUT2D eigenvalue weighted by molar-refractivity contribution is -0.121. The van der Waals surface area contributed by atoms with E-state index in [1.54, 1.807) is 0 Å². The van der Waals surface area contributed by atoms with Gasteiger partial charge in [-0.25, -0.2) is 0 Å². The van der Waals surface area contributed by atoms with E-state index in [0.717, 1.165) is 13.0 Å². The van der Waals surface area contributed by atoms with E-state index in [1.165, 1.54) is 44.9 Å². The predicted molar refractivity (Wildman–Crippen MR) is 78.5 cm³/mol. The molecule has 0 saturated carbocycles. The van der Waals surface area contributed by atoms with Crippen molar-refractivity contribution in [1.29, 1.82) is 0 Å². The zero-order valence-electron chi connectivity index (χ0n) is 12.3. The SMILES string of the molecule is CCCCCCCCCCNC(=O)CC(C)CN. The summed E-state index contributed by atoms with van der Waals surface area (Å²) >= 11 is 0. The summed E-state index contributed by atoms with van der Waals surface area (Å²) in [5.41, 5.74) is 5.48. The molecule has 0 fully saturated rings. The van der Waals surface area contributed by atoms with Crippen LogP contribution >= 0.6 is 0 Å². The average molecular weight is 256 g/mol. The Balaban J connectivity index is 3.17. The molecular weight excluding hydrogens is 224 g/mol. The molecule has 0 aliphatic rings. The molecule has 0 saturated heterocycles. The van der Waals surface area contributed by atoms with Crippen LogP contribution < -0.4 is 11.1 Å². The number of hydrogen-bond acceptors (Lipinski definition) is 2. The highest BCUT2D eigenvalue weighted by molar-refractivity contribution is 5.76. The number of hydrogen-bond donors (Lipinski definition) is 2. The zero-order valence-corrected chi connectivity index (χ0v) is 12.3. The van der Waals surface area contributed by atoms with Crippen LogP contribution in [-0.4, -0.2) is 19.0 Å². The fourth-order valence-corrected chi connectivity index (χ4v) is 1.96. The third kappa shape index (κ3) is 11.9. The van der Waals surface area contributed by atoms with Crippen molar-refractivity contribution >= 4 is 5.91 Å². The van der Waals surface area contributed by atoms with Crippen LogP contribution in [0, 0.1) is 5.92 Å². The van der Waals surface area contributed by atoms with E-state index in [0.29, 0.717) is 18.9 Å². The maximum absolute atomic E-state index is 11.5. The van der Waals surface area contributed by atoms with Gasteiger partial charge in [-0.2, -0.15) is 0 Å². The lowest BCUT2D eigenvalue weighted by atomic mass is 10.1. The van der Waals surface area contributed by atoms with Gasteiger partial charge in [-0.3, -0.25) is 4.79 Å². The Hall–Kier alpha value is -0.570. The quantitative estimate of drug-likeness (QED) is 0.527. The smallest absolute Gasteiger partial charge is 0.220 e. The van der Waals surface area contributed by atoms with Gasteiger partial charge in [0.15, 0.2) is 0 Å². The first kappa shape index (κ1) is 17.4. The van der Waals surface area contributed by atoms with Gasteiger partial charge < -0.3 is 11.1 Å². The van der Waals surface area contributed by atoms with Crippen LogP contribution in [0.25, 0.3) is 0 Å². The van der Waals surface area contributed by atoms with Gasteiger partial charge in [-0.1, -0.05) is 58.8 Å². The molecule has 0 rings (SSSR count). The standard InChI is InChI=1S/C15H32N2O/c1-3-4-5-6-7-8-9-10-11-17-15(18)12-14(2)13-16/h14H,3-13,16H2,1-2H3,(H,17,18). The summed E-state index contributed by atoms with van der Waals surface area (Å²) in [6, 6.07) is 0. The molecular formula is C15H32N2O. The Morgan fingerprint density at radius 2 is 1.61 bits per heavy atom. The molecule has 1 unspecified atom stereocenters. The van der Waals surface area contributed by atoms with Gasteiger partial charge in [0, 0.05) is 13.0 Å². The minimum Gasteiger partial charge on any atom is -0.356 e. The number of nitrogens with one attached hydrogen (secondary N) is 1. The minimum absolute atomic E-state index is 0.149. The lowest BCUT2D eigenvalue weighted by Gasteiger charge is -2.09. The van der Waals surface area contributed by atoms with Crippen LogP contribution in [0.2, 0.25) is 0 Å². The fourth-order valence-electron chi connectivity index (χ4n) is 1.96. The summed E-state index contributed by atoms with van der Waals surface area (Å²) in [6.45, 7) is 5.67. The molecule has 0 radical (unpaired) electrons. The van der Waals surface area contributed by atoms with Crippen LogP contribution in [0.3, 0.4) is 0 Å². The van der Waals surface area contributed by atoms with E-state index in [-0.39, 0.29) is 5.91 Å². The minimum atomic E-state index is 0.149. The summed E-state index contributed by atoms with van der Waals surface area (Å²) in [6.07, 6.45) is 11.0. The normalized spacial score (nSPS) is 12.4. The summed E-state index contributed by atoms with van der Waals surface area (Å²) in [7, 11) is 0. The first-order chi connectivity index (χ1) is 8.70. The van der Waals surface area contributed by atoms with Gasteiger partial charge >= 0.3 is 0 Å². The molecule has 0 aromatic rings. The highest BCUT2D eigenvalue weighted by Gasteiger charge is 2.06. The Kier molecular flexibility index (Phi) is 12.5. The van der Waals surface area contributed by atoms with Gasteiger partial charge in [0.1, 0.15) is 0 Å². The second kappa shape index (κ2) is 12.9. The van der Waals surface area contributed by atoms with E-state index in [1.807, 2.05) is 6.92 Å². The van der Waals surface area contributed by atoms with E-state index >= 15 is 0 Å². The summed E-state index contributed by atoms with van der Waals surface area (Å²) in [5.74, 6) is 0.444. The van der Waals surface area contributed by atoms with Crippen LogP contribution in [-0.2, 0) is 4.79 Å². The van der Waals surface area contributed by atoms with Crippen molar-refractivity contribution in [3.8, 4) is 0 Å². The molecule has 0 aliphatic heterocycles. The van der Waals surface area contributed by atoms with E-state index in [2.05, 4.69) is 12.2 Å². The summed E-state index contributed by atoms with van der Waals surface area (Å²) < 4.78 is 0. The van der Waals surface area contributed by atoms with Crippen LogP contribution in [0.4, 0.5) is 0 Å². The summed E-state index contributed by atoms with van der Waals surface area (Å²) in [5, 5.41) is 2.96. The number of rotatable bonds is 12. The molecule has 3 N–H and O–H groups in total. The van der Waals surface area contributed by atoms with E-state index in [4.69, 9.17) is 5.73 Å². The second-order valence-electron chi connectivity index (χ2n) is 5.37. The molecule has 0 bridgehead atoms. The van der Waals surface area contributed by atoms with Gasteiger partial charge in [0.2, 0.25) is 5.91 Å². The molecule has 0 heterocycles. The molecule has 0 aliphatic carbocycles. The molecule has 0 spiro atoms. The highest BCUT2D eigenvalue weighted by atomic mass is 16.1. The van der Waals surface area contributed by atoms with Gasteiger partial charge in [0.25, 0.3) is 0 Å². The third-order valence-corrected chi connectivity index (χ3v) is 3.29. The first-order valence-corrected chi connectivity index (χ1v) is 7.67. The Labute approximate surface area is 113 Å². The van der Waals surface area contributed by atoms with Gasteiger partial charge in [0.05, 0.1) is 0 Å². The van der Waals surface area contributed by atoms with Crippen molar-refractivity contribution in [2.75, 3.05) is 13.1 Å². The van der Waals surface area contributed by atoms with E-state index < -0.39 is 0 Å². The van der Waals surface area contributed by atoms with Crippen molar-refractivity contribution in [3.63, 3.8) is 0 Å². The van der Waals surface area contributed by atoms with Gasteiger partial charge in [-0.15, -0.1) is 0 Å². The summed E-state index contributed by atoms with van der Waals surface area (Å²) in [4.78, 5) is 11.5. The maximum Gasteiger partial charge on any atom is 0.220 e. The molecule has 0 aromatic heterocycles.